The molecule has 1 saturated heterocycles. The van der Waals surface area contributed by atoms with Gasteiger partial charge >= 0.3 is 6.18 Å². The molecule has 1 aliphatic rings. The number of carbonyl (C=O) groups is 1. The van der Waals surface area contributed by atoms with E-state index in [2.05, 4.69) is 0 Å². The van der Waals surface area contributed by atoms with E-state index in [1.54, 1.807) is 0 Å². The van der Waals surface area contributed by atoms with Crippen molar-refractivity contribution >= 4 is 18.3 Å². The summed E-state index contributed by atoms with van der Waals surface area (Å²) in [5.41, 5.74) is 5.56. The molecule has 4 nitrogen and oxygen atoms in total. The summed E-state index contributed by atoms with van der Waals surface area (Å²) < 4.78 is 35.7. The molecule has 0 spiro atoms. The van der Waals surface area contributed by atoms with E-state index in [9.17, 15) is 18.0 Å². The number of piperidine rings is 1. The SMILES string of the molecule is Cl.NCC1CCCCN1CC(=O)NCC(F)(F)F. The van der Waals surface area contributed by atoms with E-state index in [1.807, 2.05) is 10.2 Å². The minimum absolute atomic E-state index is 0. The van der Waals surface area contributed by atoms with Crippen LogP contribution in [0.1, 0.15) is 19.3 Å². The van der Waals surface area contributed by atoms with Gasteiger partial charge in [-0.25, -0.2) is 0 Å². The molecule has 108 valence electrons. The first-order valence-electron chi connectivity index (χ1n) is 5.70. The van der Waals surface area contributed by atoms with Crippen molar-refractivity contribution in [3.63, 3.8) is 0 Å². The minimum atomic E-state index is -4.36. The number of nitrogens with two attached hydrogens (primary N) is 1. The second-order valence-electron chi connectivity index (χ2n) is 4.25. The van der Waals surface area contributed by atoms with Crippen LogP contribution in [-0.2, 0) is 4.79 Å². The van der Waals surface area contributed by atoms with Crippen molar-refractivity contribution in [2.45, 2.75) is 31.5 Å². The number of likely N-dealkylation sites (tertiary alicyclic amines) is 1. The van der Waals surface area contributed by atoms with Gasteiger partial charge in [-0.2, -0.15) is 13.2 Å². The lowest BCUT2D eigenvalue weighted by molar-refractivity contribution is -0.139. The van der Waals surface area contributed by atoms with Crippen LogP contribution in [-0.4, -0.2) is 49.2 Å². The van der Waals surface area contributed by atoms with Gasteiger partial charge in [0.15, 0.2) is 0 Å². The van der Waals surface area contributed by atoms with Crippen LogP contribution < -0.4 is 11.1 Å². The number of nitrogens with one attached hydrogen (secondary N) is 1. The molecule has 0 bridgehead atoms. The average Bonchev–Trinajstić information content (AvgIpc) is 2.26. The molecule has 1 unspecified atom stereocenters. The molecule has 1 aliphatic heterocycles. The van der Waals surface area contributed by atoms with Gasteiger partial charge in [0, 0.05) is 12.6 Å². The van der Waals surface area contributed by atoms with Crippen LogP contribution >= 0.6 is 12.4 Å². The molecule has 0 radical (unpaired) electrons. The first-order chi connectivity index (χ1) is 7.92. The number of hydrogen-bond acceptors (Lipinski definition) is 3. The van der Waals surface area contributed by atoms with Gasteiger partial charge in [-0.05, 0) is 19.4 Å². The van der Waals surface area contributed by atoms with E-state index in [-0.39, 0.29) is 25.0 Å². The van der Waals surface area contributed by atoms with Crippen LogP contribution in [0.25, 0.3) is 0 Å². The van der Waals surface area contributed by atoms with Crippen molar-refractivity contribution in [1.29, 1.82) is 0 Å². The van der Waals surface area contributed by atoms with Crippen molar-refractivity contribution in [1.82, 2.24) is 10.2 Å². The monoisotopic (exact) mass is 289 g/mol. The van der Waals surface area contributed by atoms with Gasteiger partial charge in [0.2, 0.25) is 5.91 Å². The summed E-state index contributed by atoms with van der Waals surface area (Å²) in [4.78, 5) is 13.2. The second kappa shape index (κ2) is 7.81. The van der Waals surface area contributed by atoms with Crippen LogP contribution in [0.3, 0.4) is 0 Å². The Hall–Kier alpha value is -0.530. The van der Waals surface area contributed by atoms with E-state index >= 15 is 0 Å². The predicted molar refractivity (Wildman–Crippen MR) is 64.6 cm³/mol. The van der Waals surface area contributed by atoms with Gasteiger partial charge in [0.05, 0.1) is 6.54 Å². The van der Waals surface area contributed by atoms with Crippen LogP contribution in [0.15, 0.2) is 0 Å². The number of alkyl halides is 3. The topological polar surface area (TPSA) is 58.4 Å². The third kappa shape index (κ3) is 6.42. The number of rotatable bonds is 4. The Balaban J connectivity index is 0.00000289. The smallest absolute Gasteiger partial charge is 0.346 e. The molecule has 1 rings (SSSR count). The maximum absolute atomic E-state index is 11.9. The maximum Gasteiger partial charge on any atom is 0.405 e. The molecule has 8 heteroatoms. The first-order valence-corrected chi connectivity index (χ1v) is 5.70. The molecule has 1 fully saturated rings. The summed E-state index contributed by atoms with van der Waals surface area (Å²) in [6, 6.07) is 0.111. The minimum Gasteiger partial charge on any atom is -0.346 e. The van der Waals surface area contributed by atoms with Gasteiger partial charge in [-0.15, -0.1) is 12.4 Å². The highest BCUT2D eigenvalue weighted by Crippen LogP contribution is 2.16. The summed E-state index contributed by atoms with van der Waals surface area (Å²) in [5.74, 6) is -0.595. The lowest BCUT2D eigenvalue weighted by Gasteiger charge is -2.34. The Morgan fingerprint density at radius 1 is 1.39 bits per heavy atom. The quantitative estimate of drug-likeness (QED) is 0.808. The van der Waals surface area contributed by atoms with Crippen molar-refractivity contribution < 1.29 is 18.0 Å². The fraction of sp³-hybridized carbons (Fsp3) is 0.900. The molecule has 0 aliphatic carbocycles. The highest BCUT2D eigenvalue weighted by Gasteiger charge is 2.29. The van der Waals surface area contributed by atoms with Crippen LogP contribution in [0.2, 0.25) is 0 Å². The molecular weight excluding hydrogens is 271 g/mol. The maximum atomic E-state index is 11.9. The van der Waals surface area contributed by atoms with Gasteiger partial charge in [0.1, 0.15) is 6.54 Å². The summed E-state index contributed by atoms with van der Waals surface area (Å²) in [6.07, 6.45) is -1.43. The molecule has 1 amide bonds. The van der Waals surface area contributed by atoms with Crippen LogP contribution in [0.5, 0.6) is 0 Å². The van der Waals surface area contributed by atoms with Crippen LogP contribution in [0.4, 0.5) is 13.2 Å². The van der Waals surface area contributed by atoms with Gasteiger partial charge in [-0.1, -0.05) is 6.42 Å². The normalized spacial score (nSPS) is 21.2. The fourth-order valence-corrected chi connectivity index (χ4v) is 1.97. The number of halogens is 4. The largest absolute Gasteiger partial charge is 0.405 e. The van der Waals surface area contributed by atoms with E-state index in [0.29, 0.717) is 6.54 Å². The summed E-state index contributed by atoms with van der Waals surface area (Å²) in [7, 11) is 0. The van der Waals surface area contributed by atoms with Crippen molar-refractivity contribution in [2.24, 2.45) is 5.73 Å². The number of carbonyl (C=O) groups excluding carboxylic acids is 1. The molecule has 0 saturated carbocycles. The highest BCUT2D eigenvalue weighted by atomic mass is 35.5. The fourth-order valence-electron chi connectivity index (χ4n) is 1.97. The number of hydrogen-bond donors (Lipinski definition) is 2. The van der Waals surface area contributed by atoms with Gasteiger partial charge in [0.25, 0.3) is 0 Å². The third-order valence-corrected chi connectivity index (χ3v) is 2.85. The molecular formula is C10H19ClF3N3O. The Bertz CT molecular complexity index is 263. The zero-order valence-electron chi connectivity index (χ0n) is 10.0. The highest BCUT2D eigenvalue weighted by molar-refractivity contribution is 5.85. The Morgan fingerprint density at radius 3 is 2.61 bits per heavy atom. The Kier molecular flexibility index (Phi) is 7.58. The summed E-state index contributed by atoms with van der Waals surface area (Å²) >= 11 is 0. The van der Waals surface area contributed by atoms with Crippen molar-refractivity contribution in [3.05, 3.63) is 0 Å². The standard InChI is InChI=1S/C10H18F3N3O.ClH/c11-10(12,13)7-15-9(17)6-16-4-2-1-3-8(16)5-14;/h8H,1-7,14H2,(H,15,17);1H. The van der Waals surface area contributed by atoms with E-state index in [4.69, 9.17) is 5.73 Å². The lowest BCUT2D eigenvalue weighted by Crippen LogP contribution is -2.49. The molecule has 0 aromatic heterocycles. The number of nitrogens with zero attached hydrogens (tertiary/aromatic N) is 1. The molecule has 0 aromatic carbocycles. The zero-order chi connectivity index (χ0) is 12.9. The summed E-state index contributed by atoms with van der Waals surface area (Å²) in [6.45, 7) is -0.112. The molecule has 3 N–H and O–H groups in total. The van der Waals surface area contributed by atoms with Crippen LogP contribution in [0, 0.1) is 0 Å². The Labute approximate surface area is 110 Å². The first kappa shape index (κ1) is 17.5. The molecule has 0 aromatic rings. The average molecular weight is 290 g/mol. The van der Waals surface area contributed by atoms with Gasteiger partial charge in [-0.3, -0.25) is 9.69 Å². The summed E-state index contributed by atoms with van der Waals surface area (Å²) in [5, 5.41) is 1.87. The van der Waals surface area contributed by atoms with Crippen molar-refractivity contribution in [2.75, 3.05) is 26.2 Å². The zero-order valence-corrected chi connectivity index (χ0v) is 10.8. The number of amides is 1. The molecule has 1 atom stereocenters. The Morgan fingerprint density at radius 2 is 2.06 bits per heavy atom. The molecule has 1 heterocycles. The predicted octanol–water partition coefficient (Wildman–Crippen LogP) is 0.900. The van der Waals surface area contributed by atoms with E-state index < -0.39 is 18.6 Å². The van der Waals surface area contributed by atoms with E-state index in [0.717, 1.165) is 25.8 Å². The second-order valence-corrected chi connectivity index (χ2v) is 4.25. The van der Waals surface area contributed by atoms with E-state index in [1.165, 1.54) is 0 Å². The lowest BCUT2D eigenvalue weighted by atomic mass is 10.0. The van der Waals surface area contributed by atoms with Crippen molar-refractivity contribution in [3.8, 4) is 0 Å². The van der Waals surface area contributed by atoms with Gasteiger partial charge < -0.3 is 11.1 Å². The molecule has 18 heavy (non-hydrogen) atoms. The third-order valence-electron chi connectivity index (χ3n) is 2.85.